The lowest BCUT2D eigenvalue weighted by Crippen LogP contribution is -2.05. The highest BCUT2D eigenvalue weighted by molar-refractivity contribution is 7.16. The Balaban J connectivity index is 1.45. The summed E-state index contributed by atoms with van der Waals surface area (Å²) in [4.78, 5) is 21.6. The molecule has 23 heavy (non-hydrogen) atoms. The van der Waals surface area contributed by atoms with Gasteiger partial charge in [-0.05, 0) is 29.6 Å². The van der Waals surface area contributed by atoms with Crippen molar-refractivity contribution in [1.29, 1.82) is 0 Å². The maximum atomic E-state index is 12.1. The van der Waals surface area contributed by atoms with Gasteiger partial charge in [-0.3, -0.25) is 0 Å². The maximum Gasteiger partial charge on any atom is 0.338 e. The number of hydrogen-bond acceptors (Lipinski definition) is 7. The minimum atomic E-state index is -0.388. The van der Waals surface area contributed by atoms with Gasteiger partial charge in [0.15, 0.2) is 0 Å². The summed E-state index contributed by atoms with van der Waals surface area (Å²) >= 11 is 3.03. The van der Waals surface area contributed by atoms with E-state index in [9.17, 15) is 4.79 Å². The lowest BCUT2D eigenvalue weighted by atomic mass is 10.2. The van der Waals surface area contributed by atoms with Crippen molar-refractivity contribution in [2.24, 2.45) is 0 Å². The molecule has 0 saturated heterocycles. The zero-order chi connectivity index (χ0) is 15.6. The number of oxazole rings is 1. The van der Waals surface area contributed by atoms with E-state index in [0.717, 1.165) is 15.1 Å². The second-order valence-corrected chi connectivity index (χ2v) is 6.57. The maximum absolute atomic E-state index is 12.1. The first-order valence-electron chi connectivity index (χ1n) is 6.78. The van der Waals surface area contributed by atoms with Crippen LogP contribution in [0.2, 0.25) is 0 Å². The van der Waals surface area contributed by atoms with Crippen molar-refractivity contribution >= 4 is 38.9 Å². The second kappa shape index (κ2) is 5.94. The van der Waals surface area contributed by atoms with Crippen LogP contribution in [0.4, 0.5) is 0 Å². The summed E-state index contributed by atoms with van der Waals surface area (Å²) in [6.45, 7) is 0.0778. The number of nitrogens with zero attached hydrogens (tertiary/aromatic N) is 2. The highest BCUT2D eigenvalue weighted by atomic mass is 32.1. The summed E-state index contributed by atoms with van der Waals surface area (Å²) in [6.07, 6.45) is 1.51. The molecule has 0 aliphatic heterocycles. The molecular weight excluding hydrogens is 332 g/mol. The number of carbonyl (C=O) groups excluding carboxylic acids is 1. The molecule has 7 heteroatoms. The van der Waals surface area contributed by atoms with Crippen molar-refractivity contribution < 1.29 is 13.9 Å². The number of carbonyl (C=O) groups is 1. The van der Waals surface area contributed by atoms with E-state index in [1.54, 1.807) is 29.0 Å². The third-order valence-electron chi connectivity index (χ3n) is 3.20. The van der Waals surface area contributed by atoms with Crippen LogP contribution in [0, 0.1) is 0 Å². The van der Waals surface area contributed by atoms with E-state index in [1.807, 2.05) is 23.6 Å². The predicted molar refractivity (Wildman–Crippen MR) is 88.6 cm³/mol. The summed E-state index contributed by atoms with van der Waals surface area (Å²) in [7, 11) is 0. The standard InChI is InChI=1S/C16H10N2O3S2/c19-16(10-3-4-12-14(6-10)23-9-17-12)21-8-11-7-20-15(18-11)13-2-1-5-22-13/h1-7,9H,8H2. The Labute approximate surface area is 139 Å². The fraction of sp³-hybridized carbons (Fsp3) is 0.0625. The van der Waals surface area contributed by atoms with E-state index >= 15 is 0 Å². The fourth-order valence-corrected chi connectivity index (χ4v) is 3.46. The Morgan fingerprint density at radius 3 is 3.09 bits per heavy atom. The Kier molecular flexibility index (Phi) is 3.64. The van der Waals surface area contributed by atoms with E-state index in [4.69, 9.17) is 9.15 Å². The Morgan fingerprint density at radius 1 is 1.26 bits per heavy atom. The van der Waals surface area contributed by atoms with Gasteiger partial charge in [0.05, 0.1) is 26.2 Å². The van der Waals surface area contributed by atoms with Gasteiger partial charge in [0.2, 0.25) is 5.89 Å². The van der Waals surface area contributed by atoms with Gasteiger partial charge >= 0.3 is 5.97 Å². The topological polar surface area (TPSA) is 65.2 Å². The minimum absolute atomic E-state index is 0.0778. The molecule has 0 spiro atoms. The van der Waals surface area contributed by atoms with Crippen molar-refractivity contribution in [3.8, 4) is 10.8 Å². The molecule has 3 aromatic heterocycles. The SMILES string of the molecule is O=C(OCc1coc(-c2cccs2)n1)c1ccc2ncsc2c1. The highest BCUT2D eigenvalue weighted by Crippen LogP contribution is 2.24. The second-order valence-electron chi connectivity index (χ2n) is 4.73. The minimum Gasteiger partial charge on any atom is -0.455 e. The van der Waals surface area contributed by atoms with E-state index in [2.05, 4.69) is 9.97 Å². The van der Waals surface area contributed by atoms with Crippen molar-refractivity contribution in [2.75, 3.05) is 0 Å². The Hall–Kier alpha value is -2.51. The van der Waals surface area contributed by atoms with Gasteiger partial charge in [0, 0.05) is 0 Å². The number of aromatic nitrogens is 2. The molecule has 0 saturated carbocycles. The van der Waals surface area contributed by atoms with Gasteiger partial charge in [0.25, 0.3) is 0 Å². The van der Waals surface area contributed by atoms with Gasteiger partial charge in [-0.1, -0.05) is 6.07 Å². The lowest BCUT2D eigenvalue weighted by Gasteiger charge is -2.02. The number of hydrogen-bond donors (Lipinski definition) is 0. The van der Waals surface area contributed by atoms with E-state index < -0.39 is 0 Å². The van der Waals surface area contributed by atoms with E-state index in [-0.39, 0.29) is 12.6 Å². The molecule has 0 aliphatic rings. The van der Waals surface area contributed by atoms with Gasteiger partial charge in [-0.25, -0.2) is 14.8 Å². The van der Waals surface area contributed by atoms with Gasteiger partial charge in [-0.2, -0.15) is 0 Å². The summed E-state index contributed by atoms with van der Waals surface area (Å²) in [5, 5.41) is 1.95. The van der Waals surface area contributed by atoms with Crippen LogP contribution in [-0.2, 0) is 11.3 Å². The van der Waals surface area contributed by atoms with Crippen LogP contribution in [-0.4, -0.2) is 15.9 Å². The number of thiophene rings is 1. The average molecular weight is 342 g/mol. The fourth-order valence-electron chi connectivity index (χ4n) is 2.09. The molecule has 3 heterocycles. The molecule has 1 aromatic carbocycles. The normalized spacial score (nSPS) is 11.0. The molecule has 0 amide bonds. The first kappa shape index (κ1) is 14.1. The van der Waals surface area contributed by atoms with Gasteiger partial charge in [0.1, 0.15) is 18.6 Å². The van der Waals surface area contributed by atoms with Crippen LogP contribution in [0.1, 0.15) is 16.1 Å². The number of thiazole rings is 1. The molecule has 0 N–H and O–H groups in total. The Bertz CT molecular complexity index is 957. The molecule has 0 unspecified atom stereocenters. The average Bonchev–Trinajstić information content (AvgIpc) is 3.32. The molecule has 0 radical (unpaired) electrons. The zero-order valence-electron chi connectivity index (χ0n) is 11.8. The summed E-state index contributed by atoms with van der Waals surface area (Å²) in [5.74, 6) is 0.151. The van der Waals surface area contributed by atoms with Crippen molar-refractivity contribution in [2.45, 2.75) is 6.61 Å². The molecule has 4 rings (SSSR count). The Morgan fingerprint density at radius 2 is 2.22 bits per heavy atom. The number of ether oxygens (including phenoxy) is 1. The summed E-state index contributed by atoms with van der Waals surface area (Å²) in [6, 6.07) is 9.17. The van der Waals surface area contributed by atoms with Crippen LogP contribution in [0.3, 0.4) is 0 Å². The van der Waals surface area contributed by atoms with Crippen molar-refractivity contribution in [3.63, 3.8) is 0 Å². The van der Waals surface area contributed by atoms with Crippen molar-refractivity contribution in [3.05, 3.63) is 58.7 Å². The lowest BCUT2D eigenvalue weighted by molar-refractivity contribution is 0.0468. The molecule has 0 aliphatic carbocycles. The van der Waals surface area contributed by atoms with Gasteiger partial charge < -0.3 is 9.15 Å². The van der Waals surface area contributed by atoms with Crippen LogP contribution in [0.25, 0.3) is 21.0 Å². The quantitative estimate of drug-likeness (QED) is 0.515. The predicted octanol–water partition coefficient (Wildman–Crippen LogP) is 4.37. The third-order valence-corrected chi connectivity index (χ3v) is 4.85. The summed E-state index contributed by atoms with van der Waals surface area (Å²) in [5.41, 5.74) is 3.72. The van der Waals surface area contributed by atoms with Crippen molar-refractivity contribution in [1.82, 2.24) is 9.97 Å². The van der Waals surface area contributed by atoms with Gasteiger partial charge in [-0.15, -0.1) is 22.7 Å². The number of benzene rings is 1. The molecule has 0 atom stereocenters. The molecule has 5 nitrogen and oxygen atoms in total. The number of fused-ring (bicyclic) bond motifs is 1. The molecule has 0 bridgehead atoms. The zero-order valence-corrected chi connectivity index (χ0v) is 13.4. The summed E-state index contributed by atoms with van der Waals surface area (Å²) < 4.78 is 11.7. The third kappa shape index (κ3) is 2.88. The largest absolute Gasteiger partial charge is 0.455 e. The van der Waals surface area contributed by atoms with E-state index in [1.165, 1.54) is 17.6 Å². The molecule has 4 aromatic rings. The first-order chi connectivity index (χ1) is 11.3. The van der Waals surface area contributed by atoms with Crippen LogP contribution in [0.15, 0.2) is 51.9 Å². The van der Waals surface area contributed by atoms with Crippen LogP contribution >= 0.6 is 22.7 Å². The molecule has 114 valence electrons. The molecular formula is C16H10N2O3S2. The van der Waals surface area contributed by atoms with E-state index in [0.29, 0.717) is 17.1 Å². The molecule has 0 fully saturated rings. The smallest absolute Gasteiger partial charge is 0.338 e. The number of rotatable bonds is 4. The van der Waals surface area contributed by atoms with Crippen LogP contribution < -0.4 is 0 Å². The highest BCUT2D eigenvalue weighted by Gasteiger charge is 2.12. The monoisotopic (exact) mass is 342 g/mol. The first-order valence-corrected chi connectivity index (χ1v) is 8.54. The number of esters is 1. The van der Waals surface area contributed by atoms with Crippen LogP contribution in [0.5, 0.6) is 0 Å².